The summed E-state index contributed by atoms with van der Waals surface area (Å²) in [4.78, 5) is 34.7. The number of aliphatic hydroxyl groups is 1. The van der Waals surface area contributed by atoms with Gasteiger partial charge in [0.2, 0.25) is 0 Å². The van der Waals surface area contributed by atoms with Gasteiger partial charge in [-0.15, -0.1) is 0 Å². The first-order valence-electron chi connectivity index (χ1n) is 6.57. The van der Waals surface area contributed by atoms with E-state index in [1.807, 2.05) is 0 Å². The Labute approximate surface area is 121 Å². The molecule has 1 unspecified atom stereocenters. The van der Waals surface area contributed by atoms with Crippen molar-refractivity contribution in [3.63, 3.8) is 0 Å². The minimum Gasteiger partial charge on any atom is -0.467 e. The van der Waals surface area contributed by atoms with E-state index in [1.165, 1.54) is 4.90 Å². The molecule has 9 nitrogen and oxygen atoms in total. The van der Waals surface area contributed by atoms with Gasteiger partial charge in [0.05, 0.1) is 20.3 Å². The number of hydrogen-bond donors (Lipinski definition) is 3. The van der Waals surface area contributed by atoms with E-state index >= 15 is 0 Å². The molecule has 0 aromatic carbocycles. The summed E-state index contributed by atoms with van der Waals surface area (Å²) in [5, 5.41) is 19.9. The number of alkyl carbamates (subject to hydrolysis) is 1. The van der Waals surface area contributed by atoms with Crippen LogP contribution in [0.2, 0.25) is 0 Å². The largest absolute Gasteiger partial charge is 0.467 e. The molecule has 1 saturated heterocycles. The van der Waals surface area contributed by atoms with Gasteiger partial charge in [-0.2, -0.15) is 0 Å². The van der Waals surface area contributed by atoms with Crippen molar-refractivity contribution >= 4 is 18.2 Å². The monoisotopic (exact) mass is 304 g/mol. The summed E-state index contributed by atoms with van der Waals surface area (Å²) in [5.74, 6) is -0.679. The summed E-state index contributed by atoms with van der Waals surface area (Å²) >= 11 is 0. The Morgan fingerprint density at radius 3 is 2.43 bits per heavy atom. The first kappa shape index (κ1) is 17.0. The number of hydrogen-bond acceptors (Lipinski definition) is 6. The maximum absolute atomic E-state index is 11.5. The van der Waals surface area contributed by atoms with Gasteiger partial charge in [-0.1, -0.05) is 0 Å². The fraction of sp³-hybridized carbons (Fsp3) is 0.750. The highest BCUT2D eigenvalue weighted by molar-refractivity contribution is 5.81. The minimum absolute atomic E-state index is 0.0806. The number of carbonyl (C=O) groups excluding carboxylic acids is 2. The van der Waals surface area contributed by atoms with E-state index in [1.54, 1.807) is 0 Å². The van der Waals surface area contributed by atoms with Crippen LogP contribution in [-0.2, 0) is 14.3 Å². The molecule has 0 radical (unpaired) electrons. The molecule has 0 spiro atoms. The molecule has 1 rings (SSSR count). The molecule has 1 aliphatic rings. The summed E-state index contributed by atoms with van der Waals surface area (Å²) < 4.78 is 9.37. The van der Waals surface area contributed by atoms with Crippen LogP contribution in [0.25, 0.3) is 0 Å². The van der Waals surface area contributed by atoms with Gasteiger partial charge in [-0.3, -0.25) is 0 Å². The Hall–Kier alpha value is -2.03. The predicted molar refractivity (Wildman–Crippen MR) is 69.7 cm³/mol. The number of esters is 1. The van der Waals surface area contributed by atoms with Crippen LogP contribution < -0.4 is 5.32 Å². The van der Waals surface area contributed by atoms with Crippen LogP contribution in [0, 0.1) is 5.92 Å². The molecule has 0 saturated carbocycles. The molecule has 21 heavy (non-hydrogen) atoms. The lowest BCUT2D eigenvalue weighted by Crippen LogP contribution is -2.45. The third-order valence-corrected chi connectivity index (χ3v) is 3.30. The molecule has 0 bridgehead atoms. The van der Waals surface area contributed by atoms with Crippen molar-refractivity contribution in [3.8, 4) is 0 Å². The van der Waals surface area contributed by atoms with Crippen molar-refractivity contribution in [2.45, 2.75) is 18.9 Å². The van der Waals surface area contributed by atoms with Crippen molar-refractivity contribution < 1.29 is 34.1 Å². The zero-order chi connectivity index (χ0) is 15.8. The number of amides is 2. The molecular weight excluding hydrogens is 284 g/mol. The first-order chi connectivity index (χ1) is 9.97. The second-order valence-electron chi connectivity index (χ2n) is 4.71. The van der Waals surface area contributed by atoms with E-state index in [-0.39, 0.29) is 12.5 Å². The number of aliphatic hydroxyl groups excluding tert-OH is 1. The molecule has 1 atom stereocenters. The van der Waals surface area contributed by atoms with E-state index in [2.05, 4.69) is 10.1 Å². The number of nitrogens with zero attached hydrogens (tertiary/aromatic N) is 1. The molecule has 1 aliphatic heterocycles. The molecule has 1 fully saturated rings. The van der Waals surface area contributed by atoms with Crippen molar-refractivity contribution in [3.05, 3.63) is 0 Å². The van der Waals surface area contributed by atoms with Gasteiger partial charge in [0, 0.05) is 13.1 Å². The molecular formula is C12H20N2O7. The summed E-state index contributed by atoms with van der Waals surface area (Å²) in [7, 11) is 1.15. The van der Waals surface area contributed by atoms with E-state index in [4.69, 9.17) is 14.9 Å². The lowest BCUT2D eigenvalue weighted by molar-refractivity contribution is -0.144. The van der Waals surface area contributed by atoms with Crippen LogP contribution in [0.4, 0.5) is 9.59 Å². The maximum Gasteiger partial charge on any atom is 0.407 e. The third kappa shape index (κ3) is 5.46. The Kier molecular flexibility index (Phi) is 6.73. The van der Waals surface area contributed by atoms with E-state index in [9.17, 15) is 14.4 Å². The van der Waals surface area contributed by atoms with E-state index in [0.717, 1.165) is 7.11 Å². The summed E-state index contributed by atoms with van der Waals surface area (Å²) in [6.45, 7) is 0.371. The van der Waals surface area contributed by atoms with Crippen LogP contribution >= 0.6 is 0 Å². The highest BCUT2D eigenvalue weighted by atomic mass is 16.6. The van der Waals surface area contributed by atoms with Crippen LogP contribution in [0.1, 0.15) is 12.8 Å². The Bertz CT molecular complexity index is 380. The number of nitrogens with one attached hydrogen (secondary N) is 1. The number of ether oxygens (including phenoxy) is 2. The standard InChI is InChI=1S/C12H20N2O7/c1-20-10(16)9(6-15)13-11(17)21-7-8-2-4-14(5-3-8)12(18)19/h8-9,15H,2-7H2,1H3,(H,13,17)(H,18,19). The number of methoxy groups -OCH3 is 1. The minimum atomic E-state index is -1.16. The van der Waals surface area contributed by atoms with E-state index in [0.29, 0.717) is 25.9 Å². The van der Waals surface area contributed by atoms with Crippen molar-refractivity contribution in [2.24, 2.45) is 5.92 Å². The Morgan fingerprint density at radius 2 is 1.95 bits per heavy atom. The zero-order valence-electron chi connectivity index (χ0n) is 11.8. The van der Waals surface area contributed by atoms with Gasteiger partial charge in [0.25, 0.3) is 0 Å². The highest BCUT2D eigenvalue weighted by Gasteiger charge is 2.25. The molecule has 2 amide bonds. The first-order valence-corrected chi connectivity index (χ1v) is 6.57. The average molecular weight is 304 g/mol. The SMILES string of the molecule is COC(=O)C(CO)NC(=O)OCC1CCN(C(=O)O)CC1. The van der Waals surface area contributed by atoms with Crippen molar-refractivity contribution in [1.29, 1.82) is 0 Å². The van der Waals surface area contributed by atoms with Gasteiger partial charge >= 0.3 is 18.2 Å². The summed E-state index contributed by atoms with van der Waals surface area (Å²) in [5.41, 5.74) is 0. The third-order valence-electron chi connectivity index (χ3n) is 3.30. The smallest absolute Gasteiger partial charge is 0.407 e. The normalized spacial score (nSPS) is 17.0. The second kappa shape index (κ2) is 8.30. The molecule has 0 aromatic heterocycles. The topological polar surface area (TPSA) is 125 Å². The fourth-order valence-electron chi connectivity index (χ4n) is 1.99. The zero-order valence-corrected chi connectivity index (χ0v) is 11.8. The molecule has 1 heterocycles. The van der Waals surface area contributed by atoms with Gasteiger partial charge in [-0.25, -0.2) is 14.4 Å². The summed E-state index contributed by atoms with van der Waals surface area (Å²) in [6, 6.07) is -1.16. The maximum atomic E-state index is 11.5. The number of piperidine rings is 1. The Balaban J connectivity index is 2.27. The van der Waals surface area contributed by atoms with Crippen molar-refractivity contribution in [1.82, 2.24) is 10.2 Å². The Morgan fingerprint density at radius 1 is 1.33 bits per heavy atom. The van der Waals surface area contributed by atoms with Crippen LogP contribution in [0.3, 0.4) is 0 Å². The van der Waals surface area contributed by atoms with Crippen LogP contribution in [0.5, 0.6) is 0 Å². The quantitative estimate of drug-likeness (QED) is 0.592. The molecule has 9 heteroatoms. The number of rotatable bonds is 5. The number of carboxylic acid groups (broad SMARTS) is 1. The lowest BCUT2D eigenvalue weighted by atomic mass is 9.98. The fourth-order valence-corrected chi connectivity index (χ4v) is 1.99. The van der Waals surface area contributed by atoms with Gasteiger partial charge in [0.1, 0.15) is 0 Å². The highest BCUT2D eigenvalue weighted by Crippen LogP contribution is 2.17. The van der Waals surface area contributed by atoms with E-state index < -0.39 is 30.8 Å². The van der Waals surface area contributed by atoms with Crippen LogP contribution in [0.15, 0.2) is 0 Å². The van der Waals surface area contributed by atoms with Gasteiger partial charge < -0.3 is 29.9 Å². The molecule has 0 aromatic rings. The van der Waals surface area contributed by atoms with Crippen LogP contribution in [-0.4, -0.2) is 72.7 Å². The number of carbonyl (C=O) groups is 3. The number of likely N-dealkylation sites (tertiary alicyclic amines) is 1. The van der Waals surface area contributed by atoms with Gasteiger partial charge in [0.15, 0.2) is 6.04 Å². The molecule has 0 aliphatic carbocycles. The molecule has 120 valence electrons. The average Bonchev–Trinajstić information content (AvgIpc) is 2.50. The lowest BCUT2D eigenvalue weighted by Gasteiger charge is -2.29. The van der Waals surface area contributed by atoms with Crippen molar-refractivity contribution in [2.75, 3.05) is 33.4 Å². The summed E-state index contributed by atoms with van der Waals surface area (Å²) in [6.07, 6.45) is -0.545. The van der Waals surface area contributed by atoms with Gasteiger partial charge in [-0.05, 0) is 18.8 Å². The predicted octanol–water partition coefficient (Wildman–Crippen LogP) is -0.363. The second-order valence-corrected chi connectivity index (χ2v) is 4.71. The molecule has 3 N–H and O–H groups in total.